The molecule has 0 spiro atoms. The summed E-state index contributed by atoms with van der Waals surface area (Å²) >= 11 is 15.1. The molecule has 2 aromatic carbocycles. The Labute approximate surface area is 136 Å². The number of halogens is 3. The molecular weight excluding hydrogens is 361 g/mol. The first kappa shape index (κ1) is 15.4. The van der Waals surface area contributed by atoms with Crippen LogP contribution in [-0.2, 0) is 6.54 Å². The molecule has 0 saturated heterocycles. The van der Waals surface area contributed by atoms with Gasteiger partial charge in [0, 0.05) is 33.7 Å². The van der Waals surface area contributed by atoms with Crippen LogP contribution in [0, 0.1) is 0 Å². The van der Waals surface area contributed by atoms with Crippen LogP contribution < -0.4 is 0 Å². The Morgan fingerprint density at radius 2 is 1.75 bits per heavy atom. The Bertz CT molecular complexity index is 608. The van der Waals surface area contributed by atoms with Gasteiger partial charge < -0.3 is 4.90 Å². The number of rotatable bonds is 3. The summed E-state index contributed by atoms with van der Waals surface area (Å²) in [5.41, 5.74) is 1.58. The second-order valence-corrected chi connectivity index (χ2v) is 6.23. The predicted molar refractivity (Wildman–Crippen MR) is 86.4 cm³/mol. The summed E-state index contributed by atoms with van der Waals surface area (Å²) in [5, 5.41) is 1.21. The molecule has 104 valence electrons. The van der Waals surface area contributed by atoms with Gasteiger partial charge in [-0.25, -0.2) is 0 Å². The van der Waals surface area contributed by atoms with Crippen molar-refractivity contribution in [2.45, 2.75) is 6.54 Å². The molecule has 0 bridgehead atoms. The maximum absolute atomic E-state index is 12.3. The van der Waals surface area contributed by atoms with Gasteiger partial charge in [0.1, 0.15) is 0 Å². The molecule has 0 heterocycles. The van der Waals surface area contributed by atoms with Crippen molar-refractivity contribution < 1.29 is 4.79 Å². The number of hydrogen-bond donors (Lipinski definition) is 0. The van der Waals surface area contributed by atoms with E-state index in [9.17, 15) is 4.79 Å². The summed E-state index contributed by atoms with van der Waals surface area (Å²) in [6.07, 6.45) is 0. The van der Waals surface area contributed by atoms with Gasteiger partial charge in [-0.15, -0.1) is 0 Å². The third kappa shape index (κ3) is 3.98. The van der Waals surface area contributed by atoms with E-state index in [1.165, 1.54) is 0 Å². The zero-order valence-corrected chi connectivity index (χ0v) is 13.8. The largest absolute Gasteiger partial charge is 0.337 e. The van der Waals surface area contributed by atoms with Gasteiger partial charge in [-0.1, -0.05) is 51.3 Å². The lowest BCUT2D eigenvalue weighted by atomic mass is 10.1. The molecule has 0 aliphatic heterocycles. The van der Waals surface area contributed by atoms with Crippen LogP contribution in [-0.4, -0.2) is 17.9 Å². The van der Waals surface area contributed by atoms with Crippen LogP contribution in [0.2, 0.25) is 10.0 Å². The number of carbonyl (C=O) groups is 1. The minimum absolute atomic E-state index is 0.0804. The fraction of sp³-hybridized carbons (Fsp3) is 0.133. The van der Waals surface area contributed by atoms with Crippen LogP contribution in [0.5, 0.6) is 0 Å². The molecule has 0 aliphatic carbocycles. The van der Waals surface area contributed by atoms with Crippen molar-refractivity contribution in [2.75, 3.05) is 7.05 Å². The van der Waals surface area contributed by atoms with E-state index in [0.29, 0.717) is 22.2 Å². The molecule has 2 aromatic rings. The summed E-state index contributed by atoms with van der Waals surface area (Å²) in [6, 6.07) is 12.6. The summed E-state index contributed by atoms with van der Waals surface area (Å²) in [6.45, 7) is 0.514. The summed E-state index contributed by atoms with van der Waals surface area (Å²) in [4.78, 5) is 14.0. The quantitative estimate of drug-likeness (QED) is 0.739. The predicted octanol–water partition coefficient (Wildman–Crippen LogP) is 5.03. The van der Waals surface area contributed by atoms with Crippen LogP contribution >= 0.6 is 39.1 Å². The van der Waals surface area contributed by atoms with Crippen molar-refractivity contribution in [1.82, 2.24) is 4.90 Å². The average Bonchev–Trinajstić information content (AvgIpc) is 2.39. The lowest BCUT2D eigenvalue weighted by Crippen LogP contribution is -2.26. The summed E-state index contributed by atoms with van der Waals surface area (Å²) in [5.74, 6) is -0.0804. The van der Waals surface area contributed by atoms with Crippen molar-refractivity contribution in [3.63, 3.8) is 0 Å². The van der Waals surface area contributed by atoms with E-state index < -0.39 is 0 Å². The third-order valence-electron chi connectivity index (χ3n) is 2.79. The van der Waals surface area contributed by atoms with Gasteiger partial charge in [0.2, 0.25) is 0 Å². The van der Waals surface area contributed by atoms with Gasteiger partial charge in [0.15, 0.2) is 0 Å². The van der Waals surface area contributed by atoms with Crippen molar-refractivity contribution in [2.24, 2.45) is 0 Å². The van der Waals surface area contributed by atoms with E-state index in [2.05, 4.69) is 15.9 Å². The molecule has 0 saturated carbocycles. The lowest BCUT2D eigenvalue weighted by Gasteiger charge is -2.17. The standard InChI is InChI=1S/C15H12BrCl2NO/c1-19(9-10-2-4-13(17)5-3-10)15(20)11-6-12(16)8-14(18)7-11/h2-8H,9H2,1H3. The Morgan fingerprint density at radius 1 is 1.10 bits per heavy atom. The molecule has 2 rings (SSSR count). The summed E-state index contributed by atoms with van der Waals surface area (Å²) < 4.78 is 0.785. The van der Waals surface area contributed by atoms with E-state index in [1.807, 2.05) is 24.3 Å². The fourth-order valence-corrected chi connectivity index (χ4v) is 2.82. The van der Waals surface area contributed by atoms with Crippen molar-refractivity contribution in [1.29, 1.82) is 0 Å². The average molecular weight is 373 g/mol. The van der Waals surface area contributed by atoms with Crippen LogP contribution in [0.4, 0.5) is 0 Å². The molecule has 5 heteroatoms. The van der Waals surface area contributed by atoms with Gasteiger partial charge in [-0.05, 0) is 35.9 Å². The van der Waals surface area contributed by atoms with Gasteiger partial charge in [-0.2, -0.15) is 0 Å². The van der Waals surface area contributed by atoms with E-state index in [0.717, 1.165) is 10.0 Å². The highest BCUT2D eigenvalue weighted by atomic mass is 79.9. The Kier molecular flexibility index (Phi) is 5.08. The molecule has 0 radical (unpaired) electrons. The molecule has 0 fully saturated rings. The molecule has 2 nitrogen and oxygen atoms in total. The fourth-order valence-electron chi connectivity index (χ4n) is 1.83. The van der Waals surface area contributed by atoms with Crippen LogP contribution in [0.3, 0.4) is 0 Å². The van der Waals surface area contributed by atoms with Gasteiger partial charge >= 0.3 is 0 Å². The molecule has 0 aliphatic rings. The Balaban J connectivity index is 2.14. The molecule has 1 amide bonds. The second kappa shape index (κ2) is 6.61. The first-order valence-electron chi connectivity index (χ1n) is 5.92. The minimum atomic E-state index is -0.0804. The number of carbonyl (C=O) groups excluding carboxylic acids is 1. The van der Waals surface area contributed by atoms with E-state index in [4.69, 9.17) is 23.2 Å². The molecule has 0 aromatic heterocycles. The zero-order chi connectivity index (χ0) is 14.7. The highest BCUT2D eigenvalue weighted by molar-refractivity contribution is 9.10. The topological polar surface area (TPSA) is 20.3 Å². The maximum atomic E-state index is 12.3. The van der Waals surface area contributed by atoms with E-state index in [-0.39, 0.29) is 5.91 Å². The normalized spacial score (nSPS) is 10.4. The smallest absolute Gasteiger partial charge is 0.253 e. The summed E-state index contributed by atoms with van der Waals surface area (Å²) in [7, 11) is 1.76. The first-order chi connectivity index (χ1) is 9.45. The Morgan fingerprint density at radius 3 is 2.35 bits per heavy atom. The number of amides is 1. The van der Waals surface area contributed by atoms with Crippen LogP contribution in [0.15, 0.2) is 46.9 Å². The van der Waals surface area contributed by atoms with E-state index in [1.54, 1.807) is 30.1 Å². The van der Waals surface area contributed by atoms with Crippen molar-refractivity contribution in [3.05, 3.63) is 68.1 Å². The van der Waals surface area contributed by atoms with Gasteiger partial charge in [-0.3, -0.25) is 4.79 Å². The SMILES string of the molecule is CN(Cc1ccc(Cl)cc1)C(=O)c1cc(Cl)cc(Br)c1. The minimum Gasteiger partial charge on any atom is -0.337 e. The monoisotopic (exact) mass is 371 g/mol. The molecule has 0 N–H and O–H groups in total. The Hall–Kier alpha value is -1.03. The number of benzene rings is 2. The molecule has 20 heavy (non-hydrogen) atoms. The third-order valence-corrected chi connectivity index (χ3v) is 3.72. The molecule has 0 atom stereocenters. The lowest BCUT2D eigenvalue weighted by molar-refractivity contribution is 0.0785. The number of hydrogen-bond acceptors (Lipinski definition) is 1. The highest BCUT2D eigenvalue weighted by Gasteiger charge is 2.13. The second-order valence-electron chi connectivity index (χ2n) is 4.45. The van der Waals surface area contributed by atoms with Gasteiger partial charge in [0.05, 0.1) is 0 Å². The van der Waals surface area contributed by atoms with Crippen molar-refractivity contribution in [3.8, 4) is 0 Å². The molecule has 0 unspecified atom stereocenters. The van der Waals surface area contributed by atoms with Crippen LogP contribution in [0.1, 0.15) is 15.9 Å². The first-order valence-corrected chi connectivity index (χ1v) is 7.46. The van der Waals surface area contributed by atoms with Crippen LogP contribution in [0.25, 0.3) is 0 Å². The van der Waals surface area contributed by atoms with Crippen molar-refractivity contribution >= 4 is 45.0 Å². The van der Waals surface area contributed by atoms with E-state index >= 15 is 0 Å². The number of nitrogens with zero attached hydrogens (tertiary/aromatic N) is 1. The highest BCUT2D eigenvalue weighted by Crippen LogP contribution is 2.21. The maximum Gasteiger partial charge on any atom is 0.253 e. The zero-order valence-electron chi connectivity index (χ0n) is 10.7. The van der Waals surface area contributed by atoms with Gasteiger partial charge in [0.25, 0.3) is 5.91 Å². The molecular formula is C15H12BrCl2NO.